The maximum absolute atomic E-state index is 12.9. The summed E-state index contributed by atoms with van der Waals surface area (Å²) in [7, 11) is 1.79. The zero-order valence-corrected chi connectivity index (χ0v) is 22.0. The van der Waals surface area contributed by atoms with Crippen LogP contribution in [0.5, 0.6) is 0 Å². The van der Waals surface area contributed by atoms with Crippen LogP contribution in [0.3, 0.4) is 0 Å². The predicted octanol–water partition coefficient (Wildman–Crippen LogP) is 5.28. The molecule has 4 aromatic rings. The van der Waals surface area contributed by atoms with Crippen molar-refractivity contribution in [2.75, 3.05) is 17.4 Å². The number of hydrazine groups is 1. The van der Waals surface area contributed by atoms with Crippen LogP contribution in [0, 0.1) is 0 Å². The first kappa shape index (κ1) is 25.4. The molecule has 2 aromatic heterocycles. The van der Waals surface area contributed by atoms with E-state index in [9.17, 15) is 9.59 Å². The Labute approximate surface area is 215 Å². The van der Waals surface area contributed by atoms with Crippen molar-refractivity contribution < 1.29 is 9.59 Å². The highest BCUT2D eigenvalue weighted by Crippen LogP contribution is 2.29. The molecule has 4 rings (SSSR count). The summed E-state index contributed by atoms with van der Waals surface area (Å²) in [6, 6.07) is 19.8. The van der Waals surface area contributed by atoms with Crippen LogP contribution >= 0.6 is 11.3 Å². The summed E-state index contributed by atoms with van der Waals surface area (Å²) in [5.74, 6) is -0.0854. The molecule has 0 aliphatic carbocycles. The summed E-state index contributed by atoms with van der Waals surface area (Å²) in [6.45, 7) is 9.58. The quantitative estimate of drug-likeness (QED) is 0.270. The number of thiophene rings is 1. The number of benzene rings is 2. The molecule has 3 N–H and O–H groups in total. The van der Waals surface area contributed by atoms with E-state index in [0.717, 1.165) is 22.6 Å². The lowest BCUT2D eigenvalue weighted by Crippen LogP contribution is -2.38. The molecule has 0 aliphatic heterocycles. The average molecular weight is 505 g/mol. The van der Waals surface area contributed by atoms with Crippen molar-refractivity contribution in [1.82, 2.24) is 20.5 Å². The monoisotopic (exact) mass is 504 g/mol. The summed E-state index contributed by atoms with van der Waals surface area (Å²) >= 11 is 1.29. The average Bonchev–Trinajstić information content (AvgIpc) is 3.45. The first-order valence-electron chi connectivity index (χ1n) is 12.0. The number of nitrogens with zero attached hydrogens (tertiary/aromatic N) is 3. The zero-order valence-electron chi connectivity index (χ0n) is 21.2. The Morgan fingerprint density at radius 1 is 0.972 bits per heavy atom. The maximum Gasteiger partial charge on any atom is 0.279 e. The number of carbonyl (C=O) groups is 2. The van der Waals surface area contributed by atoms with E-state index >= 15 is 0 Å². The lowest BCUT2D eigenvalue weighted by Gasteiger charge is -2.30. The molecule has 188 valence electrons. The largest absolute Gasteiger partial charge is 0.305 e. The third-order valence-electron chi connectivity index (χ3n) is 6.03. The fourth-order valence-electron chi connectivity index (χ4n) is 4.06. The molecule has 2 aromatic carbocycles. The van der Waals surface area contributed by atoms with Crippen molar-refractivity contribution in [2.24, 2.45) is 0 Å². The van der Waals surface area contributed by atoms with E-state index in [1.165, 1.54) is 11.3 Å². The Kier molecular flexibility index (Phi) is 7.71. The van der Waals surface area contributed by atoms with Crippen LogP contribution in [0.4, 0.5) is 11.5 Å². The molecule has 0 bridgehead atoms. The number of carbonyl (C=O) groups excluding carboxylic acids is 2. The van der Waals surface area contributed by atoms with Gasteiger partial charge in [0.15, 0.2) is 5.82 Å². The van der Waals surface area contributed by atoms with Crippen molar-refractivity contribution in [3.63, 3.8) is 0 Å². The highest BCUT2D eigenvalue weighted by atomic mass is 32.1. The number of hydrogen-bond donors (Lipinski definition) is 3. The van der Waals surface area contributed by atoms with Gasteiger partial charge in [0.1, 0.15) is 4.83 Å². The van der Waals surface area contributed by atoms with Crippen LogP contribution in [0.1, 0.15) is 53.3 Å². The second-order valence-electron chi connectivity index (χ2n) is 9.27. The van der Waals surface area contributed by atoms with Crippen LogP contribution < -0.4 is 15.8 Å². The lowest BCUT2D eigenvalue weighted by molar-refractivity contribution is 0.0954. The third-order valence-corrected chi connectivity index (χ3v) is 7.07. The number of hydrogen-bond acceptors (Lipinski definition) is 6. The molecule has 8 nitrogen and oxygen atoms in total. The molecule has 0 saturated heterocycles. The van der Waals surface area contributed by atoms with Crippen molar-refractivity contribution in [3.8, 4) is 0 Å². The predicted molar refractivity (Wildman–Crippen MR) is 146 cm³/mol. The third kappa shape index (κ3) is 5.75. The van der Waals surface area contributed by atoms with Gasteiger partial charge >= 0.3 is 0 Å². The minimum Gasteiger partial charge on any atom is -0.305 e. The van der Waals surface area contributed by atoms with Gasteiger partial charge in [-0.3, -0.25) is 30.0 Å². The smallest absolute Gasteiger partial charge is 0.279 e. The molecule has 36 heavy (non-hydrogen) atoms. The highest BCUT2D eigenvalue weighted by Gasteiger charge is 2.19. The van der Waals surface area contributed by atoms with Crippen LogP contribution in [-0.4, -0.2) is 46.0 Å². The number of para-hydroxylation sites is 1. The number of aromatic nitrogens is 2. The van der Waals surface area contributed by atoms with Gasteiger partial charge in [-0.05, 0) is 63.6 Å². The molecule has 0 spiro atoms. The zero-order chi connectivity index (χ0) is 25.8. The molecule has 0 atom stereocenters. The summed E-state index contributed by atoms with van der Waals surface area (Å²) in [6.07, 6.45) is 0. The van der Waals surface area contributed by atoms with Gasteiger partial charge in [-0.1, -0.05) is 30.3 Å². The molecule has 0 unspecified atom stereocenters. The van der Waals surface area contributed by atoms with E-state index in [0.29, 0.717) is 33.7 Å². The number of aromatic amines is 1. The Morgan fingerprint density at radius 2 is 1.64 bits per heavy atom. The number of H-pyrrole nitrogens is 1. The minimum atomic E-state index is -0.250. The van der Waals surface area contributed by atoms with Gasteiger partial charge < -0.3 is 5.32 Å². The summed E-state index contributed by atoms with van der Waals surface area (Å²) in [5, 5.41) is 12.4. The first-order chi connectivity index (χ1) is 17.2. The minimum absolute atomic E-state index is 0.236. The highest BCUT2D eigenvalue weighted by molar-refractivity contribution is 7.20. The number of nitrogens with one attached hydrogen (secondary N) is 3. The van der Waals surface area contributed by atoms with E-state index in [1.54, 1.807) is 18.1 Å². The van der Waals surface area contributed by atoms with Gasteiger partial charge in [-0.25, -0.2) is 0 Å². The van der Waals surface area contributed by atoms with Gasteiger partial charge in [0.05, 0.1) is 16.0 Å². The van der Waals surface area contributed by atoms with Gasteiger partial charge in [0.2, 0.25) is 0 Å². The number of fused-ring (bicyclic) bond motifs is 1. The molecule has 9 heteroatoms. The Balaban J connectivity index is 1.42. The van der Waals surface area contributed by atoms with Crippen LogP contribution in [0.15, 0.2) is 60.7 Å². The van der Waals surface area contributed by atoms with E-state index in [-0.39, 0.29) is 11.8 Å². The molecular weight excluding hydrogens is 472 g/mol. The second kappa shape index (κ2) is 10.9. The van der Waals surface area contributed by atoms with E-state index in [4.69, 9.17) is 0 Å². The fourth-order valence-corrected chi connectivity index (χ4v) is 4.95. The first-order valence-corrected chi connectivity index (χ1v) is 12.8. The topological polar surface area (TPSA) is 93.4 Å². The van der Waals surface area contributed by atoms with E-state index < -0.39 is 0 Å². The van der Waals surface area contributed by atoms with Crippen LogP contribution in [0.25, 0.3) is 10.2 Å². The van der Waals surface area contributed by atoms with Crippen molar-refractivity contribution >= 4 is 44.9 Å². The fraction of sp³-hybridized carbons (Fsp3) is 0.296. The van der Waals surface area contributed by atoms with E-state index in [1.807, 2.05) is 54.6 Å². The second-order valence-corrected chi connectivity index (χ2v) is 10.3. The Hall–Kier alpha value is -3.69. The summed E-state index contributed by atoms with van der Waals surface area (Å²) < 4.78 is 0. The van der Waals surface area contributed by atoms with Crippen molar-refractivity contribution in [3.05, 3.63) is 76.7 Å². The van der Waals surface area contributed by atoms with Gasteiger partial charge in [0, 0.05) is 31.2 Å². The lowest BCUT2D eigenvalue weighted by atomic mass is 10.1. The van der Waals surface area contributed by atoms with Crippen molar-refractivity contribution in [1.29, 1.82) is 0 Å². The SMILES string of the molecule is CC(C)N(Cc1ccc(C(=O)Nc2n[nH]c3sc(C(=O)NN(C)c4ccccc4)cc23)cc1)C(C)C. The van der Waals surface area contributed by atoms with Gasteiger partial charge in [0.25, 0.3) is 11.8 Å². The molecule has 0 radical (unpaired) electrons. The summed E-state index contributed by atoms with van der Waals surface area (Å²) in [5.41, 5.74) is 5.44. The van der Waals surface area contributed by atoms with Crippen LogP contribution in [-0.2, 0) is 6.54 Å². The standard InChI is InChI=1S/C27H32N6O2S/c1-17(2)33(18(3)4)16-19-11-13-20(14-12-19)25(34)28-24-22-15-23(36-27(22)30-29-24)26(35)31-32(5)21-9-7-6-8-10-21/h6-15,17-18H,16H2,1-5H3,(H,31,35)(H2,28,29,30,34). The van der Waals surface area contributed by atoms with Crippen molar-refractivity contribution in [2.45, 2.75) is 46.3 Å². The summed E-state index contributed by atoms with van der Waals surface area (Å²) in [4.78, 5) is 29.3. The number of anilines is 2. The molecular formula is C27H32N6O2S. The van der Waals surface area contributed by atoms with E-state index in [2.05, 4.69) is 53.5 Å². The van der Waals surface area contributed by atoms with Crippen LogP contribution in [0.2, 0.25) is 0 Å². The van der Waals surface area contributed by atoms with Gasteiger partial charge in [-0.15, -0.1) is 11.3 Å². The maximum atomic E-state index is 12.9. The molecule has 2 amide bonds. The van der Waals surface area contributed by atoms with Gasteiger partial charge in [-0.2, -0.15) is 5.10 Å². The molecule has 0 aliphatic rings. The number of rotatable bonds is 9. The normalized spacial score (nSPS) is 11.4. The Morgan fingerprint density at radius 3 is 2.28 bits per heavy atom. The molecule has 2 heterocycles. The Bertz CT molecular complexity index is 1320. The molecule has 0 saturated carbocycles. The number of amides is 2. The molecule has 0 fully saturated rings.